The Kier molecular flexibility index (Phi) is 5.70. The van der Waals surface area contributed by atoms with Crippen LogP contribution in [0.5, 0.6) is 5.75 Å². The van der Waals surface area contributed by atoms with Crippen LogP contribution in [0.3, 0.4) is 0 Å². The van der Waals surface area contributed by atoms with Crippen molar-refractivity contribution in [2.75, 3.05) is 0 Å². The van der Waals surface area contributed by atoms with Crippen LogP contribution < -0.4 is 10.5 Å². The Bertz CT molecular complexity index is 607. The number of aromatic nitrogens is 1. The zero-order valence-electron chi connectivity index (χ0n) is 11.9. The molecule has 0 aliphatic heterocycles. The quantitative estimate of drug-likeness (QED) is 0.858. The predicted octanol–water partition coefficient (Wildman–Crippen LogP) is 3.84. The summed E-state index contributed by atoms with van der Waals surface area (Å²) in [6.07, 6.45) is 4.54. The van der Waals surface area contributed by atoms with Gasteiger partial charge in [0.15, 0.2) is 0 Å². The van der Waals surface area contributed by atoms with E-state index in [4.69, 9.17) is 10.5 Å². The number of benzene rings is 1. The lowest BCUT2D eigenvalue weighted by Crippen LogP contribution is -2.21. The van der Waals surface area contributed by atoms with Gasteiger partial charge in [0.05, 0.1) is 10.7 Å². The molecule has 0 saturated heterocycles. The van der Waals surface area contributed by atoms with E-state index in [2.05, 4.69) is 27.8 Å². The summed E-state index contributed by atoms with van der Waals surface area (Å²) in [7, 11) is 0. The summed E-state index contributed by atoms with van der Waals surface area (Å²) in [5.41, 5.74) is 7.81. The Balaban J connectivity index is 2.01. The number of rotatable bonds is 6. The molecule has 112 valence electrons. The van der Waals surface area contributed by atoms with Crippen molar-refractivity contribution in [2.24, 2.45) is 5.73 Å². The van der Waals surface area contributed by atoms with E-state index in [-0.39, 0.29) is 18.5 Å². The van der Waals surface area contributed by atoms with Gasteiger partial charge in [0.25, 0.3) is 0 Å². The number of ether oxygens (including phenoxy) is 1. The molecule has 21 heavy (non-hydrogen) atoms. The second kappa shape index (κ2) is 7.52. The fourth-order valence-electron chi connectivity index (χ4n) is 1.93. The molecule has 1 atom stereocenters. The number of nitrogens with two attached hydrogens (primary N) is 1. The molecule has 0 aliphatic carbocycles. The normalized spacial score (nSPS) is 12.2. The van der Waals surface area contributed by atoms with Gasteiger partial charge in [-0.05, 0) is 52.5 Å². The highest BCUT2D eigenvalue weighted by Gasteiger charge is 2.07. The number of hydrogen-bond acceptors (Lipinski definition) is 3. The minimum absolute atomic E-state index is 0.169. The van der Waals surface area contributed by atoms with Crippen LogP contribution in [0, 0.1) is 5.82 Å². The van der Waals surface area contributed by atoms with Gasteiger partial charge in [0.1, 0.15) is 18.2 Å². The number of hydrogen-bond donors (Lipinski definition) is 1. The Hall–Kier alpha value is -1.46. The molecule has 5 heteroatoms. The molecule has 0 amide bonds. The lowest BCUT2D eigenvalue weighted by Gasteiger charge is -2.12. The van der Waals surface area contributed by atoms with Gasteiger partial charge in [-0.3, -0.25) is 4.98 Å². The maximum atomic E-state index is 13.0. The van der Waals surface area contributed by atoms with E-state index in [9.17, 15) is 4.39 Å². The van der Waals surface area contributed by atoms with Crippen LogP contribution in [-0.4, -0.2) is 11.0 Å². The molecule has 2 rings (SSSR count). The van der Waals surface area contributed by atoms with E-state index >= 15 is 0 Å². The van der Waals surface area contributed by atoms with Gasteiger partial charge in [-0.25, -0.2) is 4.39 Å². The fourth-order valence-corrected chi connectivity index (χ4v) is 2.47. The summed E-state index contributed by atoms with van der Waals surface area (Å²) in [6.45, 7) is 2.35. The van der Waals surface area contributed by atoms with Crippen molar-refractivity contribution in [1.82, 2.24) is 4.98 Å². The molecule has 0 saturated carbocycles. The minimum atomic E-state index is -0.362. The summed E-state index contributed by atoms with van der Waals surface area (Å²) in [5.74, 6) is 0.354. The highest BCUT2D eigenvalue weighted by molar-refractivity contribution is 9.10. The first-order valence-electron chi connectivity index (χ1n) is 6.84. The van der Waals surface area contributed by atoms with Crippen LogP contribution in [-0.2, 0) is 13.0 Å². The molecular weight excluding hydrogens is 335 g/mol. The van der Waals surface area contributed by atoms with E-state index in [0.717, 1.165) is 22.9 Å². The fraction of sp³-hybridized carbons (Fsp3) is 0.312. The molecule has 0 aliphatic rings. The third-order valence-corrected chi connectivity index (χ3v) is 3.79. The second-order valence-corrected chi connectivity index (χ2v) is 5.79. The van der Waals surface area contributed by atoms with Crippen molar-refractivity contribution in [1.29, 1.82) is 0 Å². The van der Waals surface area contributed by atoms with Crippen LogP contribution in [0.1, 0.15) is 24.5 Å². The average molecular weight is 353 g/mol. The van der Waals surface area contributed by atoms with Crippen molar-refractivity contribution >= 4 is 15.9 Å². The van der Waals surface area contributed by atoms with Crippen molar-refractivity contribution in [2.45, 2.75) is 32.4 Å². The predicted molar refractivity (Wildman–Crippen MR) is 84.6 cm³/mol. The molecular formula is C16H18BrFN2O. The summed E-state index contributed by atoms with van der Waals surface area (Å²) in [4.78, 5) is 3.79. The summed E-state index contributed by atoms with van der Waals surface area (Å²) < 4.78 is 19.6. The third-order valence-electron chi connectivity index (χ3n) is 3.17. The zero-order valence-corrected chi connectivity index (χ0v) is 13.4. The number of nitrogens with zero attached hydrogens (tertiary/aromatic N) is 1. The van der Waals surface area contributed by atoms with E-state index in [1.54, 1.807) is 6.20 Å². The monoisotopic (exact) mass is 352 g/mol. The van der Waals surface area contributed by atoms with Crippen molar-refractivity contribution in [3.05, 3.63) is 58.1 Å². The van der Waals surface area contributed by atoms with E-state index in [0.29, 0.717) is 11.3 Å². The van der Waals surface area contributed by atoms with Crippen LogP contribution >= 0.6 is 15.9 Å². The zero-order chi connectivity index (χ0) is 15.2. The Labute approximate surface area is 132 Å². The Morgan fingerprint density at radius 2 is 2.10 bits per heavy atom. The van der Waals surface area contributed by atoms with Gasteiger partial charge in [-0.1, -0.05) is 13.0 Å². The van der Waals surface area contributed by atoms with Gasteiger partial charge in [0, 0.05) is 17.8 Å². The molecule has 2 aromatic rings. The molecule has 0 radical (unpaired) electrons. The van der Waals surface area contributed by atoms with E-state index in [1.165, 1.54) is 12.3 Å². The maximum absolute atomic E-state index is 13.0. The minimum Gasteiger partial charge on any atom is -0.488 e. The molecule has 0 fully saturated rings. The van der Waals surface area contributed by atoms with Crippen molar-refractivity contribution in [3.8, 4) is 5.75 Å². The molecule has 1 aromatic carbocycles. The Morgan fingerprint density at radius 1 is 1.29 bits per heavy atom. The number of pyridine rings is 1. The maximum Gasteiger partial charge on any atom is 0.141 e. The van der Waals surface area contributed by atoms with Gasteiger partial charge < -0.3 is 10.5 Å². The van der Waals surface area contributed by atoms with E-state index < -0.39 is 0 Å². The first kappa shape index (κ1) is 15.9. The van der Waals surface area contributed by atoms with Crippen molar-refractivity contribution in [3.63, 3.8) is 0 Å². The summed E-state index contributed by atoms with van der Waals surface area (Å²) in [6, 6.07) is 7.49. The molecule has 3 nitrogen and oxygen atoms in total. The smallest absolute Gasteiger partial charge is 0.141 e. The summed E-state index contributed by atoms with van der Waals surface area (Å²) in [5, 5.41) is 0. The lowest BCUT2D eigenvalue weighted by atomic mass is 10.0. The van der Waals surface area contributed by atoms with E-state index in [1.807, 2.05) is 18.2 Å². The standard InChI is InChI=1S/C16H18BrFN2O/c1-2-14(19)6-11-3-4-16(15(17)7-11)21-10-12-5-13(18)9-20-8-12/h3-5,7-9,14H,2,6,10,19H2,1H3. The molecule has 2 N–H and O–H groups in total. The average Bonchev–Trinajstić information content (AvgIpc) is 2.46. The van der Waals surface area contributed by atoms with Crippen LogP contribution in [0.25, 0.3) is 0 Å². The van der Waals surface area contributed by atoms with Gasteiger partial charge in [-0.15, -0.1) is 0 Å². The molecule has 0 bridgehead atoms. The Morgan fingerprint density at radius 3 is 2.76 bits per heavy atom. The van der Waals surface area contributed by atoms with Crippen LogP contribution in [0.4, 0.5) is 4.39 Å². The largest absolute Gasteiger partial charge is 0.488 e. The highest BCUT2D eigenvalue weighted by atomic mass is 79.9. The first-order chi connectivity index (χ1) is 10.1. The molecule has 0 spiro atoms. The second-order valence-electron chi connectivity index (χ2n) is 4.94. The topological polar surface area (TPSA) is 48.1 Å². The van der Waals surface area contributed by atoms with Gasteiger partial charge >= 0.3 is 0 Å². The van der Waals surface area contributed by atoms with Crippen LogP contribution in [0.15, 0.2) is 41.1 Å². The first-order valence-corrected chi connectivity index (χ1v) is 7.64. The van der Waals surface area contributed by atoms with Crippen LogP contribution in [0.2, 0.25) is 0 Å². The summed E-state index contributed by atoms with van der Waals surface area (Å²) >= 11 is 3.49. The third kappa shape index (κ3) is 4.79. The molecule has 1 aromatic heterocycles. The highest BCUT2D eigenvalue weighted by Crippen LogP contribution is 2.27. The van der Waals surface area contributed by atoms with Gasteiger partial charge in [-0.2, -0.15) is 0 Å². The lowest BCUT2D eigenvalue weighted by molar-refractivity contribution is 0.303. The molecule has 1 heterocycles. The molecule has 1 unspecified atom stereocenters. The number of halogens is 2. The van der Waals surface area contributed by atoms with Gasteiger partial charge in [0.2, 0.25) is 0 Å². The van der Waals surface area contributed by atoms with Crippen molar-refractivity contribution < 1.29 is 9.13 Å². The SMILES string of the molecule is CCC(N)Cc1ccc(OCc2cncc(F)c2)c(Br)c1.